The normalized spacial score (nSPS) is 30.6. The number of rotatable bonds is 8. The van der Waals surface area contributed by atoms with E-state index in [0.29, 0.717) is 31.7 Å². The zero-order valence-electron chi connectivity index (χ0n) is 30.4. The Labute approximate surface area is 311 Å². The molecule has 1 aromatic heterocycles. The molecule has 3 heterocycles. The number of benzene rings is 1. The van der Waals surface area contributed by atoms with Crippen LogP contribution in [0.25, 0.3) is 10.8 Å². The number of hydrogen-bond donors (Lipinski definition) is 1. The highest BCUT2D eigenvalue weighted by Crippen LogP contribution is 2.57. The van der Waals surface area contributed by atoms with Gasteiger partial charge in [0.2, 0.25) is 27.7 Å². The van der Waals surface area contributed by atoms with E-state index in [1.54, 1.807) is 17.2 Å². The third-order valence-electron chi connectivity index (χ3n) is 13.1. The monoisotopic (exact) mass is 745 g/mol. The van der Waals surface area contributed by atoms with Gasteiger partial charge in [-0.05, 0) is 99.1 Å². The minimum Gasteiger partial charge on any atom is -0.472 e. The quantitative estimate of drug-likeness (QED) is 0.270. The molecule has 0 radical (unpaired) electrons. The standard InChI is InChI=1S/C41H51N3O8S/c1-2-29-22-41(29,39(48)43-53(49,50)31-12-13-31)23-35(45)34-20-30-24-44(34)38(47)33(27-8-4-3-5-9-27)21-36(46)51-25-40(16-17-40)15-6-7-26-10-11-28-14-18-42-37(52-30)32(28)19-26/h2,10-11,14,18-19,27,29-31,33-34H,1,3-9,12-13,15-17,20-25H2,(H,43,48)/t29-,30-,33+,34+,41-/m1/s1. The van der Waals surface area contributed by atoms with Gasteiger partial charge in [0.25, 0.3) is 0 Å². The molecule has 2 amide bonds. The number of allylic oxidation sites excluding steroid dienone is 1. The molecular weight excluding hydrogens is 695 g/mol. The van der Waals surface area contributed by atoms with E-state index in [1.165, 1.54) is 0 Å². The maximum absolute atomic E-state index is 14.9. The highest BCUT2D eigenvalue weighted by Gasteiger charge is 2.61. The summed E-state index contributed by atoms with van der Waals surface area (Å²) in [6.07, 6.45) is 13.4. The molecule has 5 atom stereocenters. The second kappa shape index (κ2) is 14.1. The Morgan fingerprint density at radius 2 is 1.83 bits per heavy atom. The van der Waals surface area contributed by atoms with E-state index in [-0.39, 0.29) is 60.7 Å². The summed E-state index contributed by atoms with van der Waals surface area (Å²) < 4.78 is 40.4. The van der Waals surface area contributed by atoms with Crippen LogP contribution in [0.2, 0.25) is 0 Å². The third kappa shape index (κ3) is 7.49. The van der Waals surface area contributed by atoms with Crippen LogP contribution in [0.5, 0.6) is 5.88 Å². The smallest absolute Gasteiger partial charge is 0.306 e. The van der Waals surface area contributed by atoms with Crippen LogP contribution in [0.15, 0.2) is 43.1 Å². The minimum absolute atomic E-state index is 0.00977. The minimum atomic E-state index is -3.83. The van der Waals surface area contributed by atoms with Gasteiger partial charge in [-0.15, -0.1) is 6.58 Å². The Morgan fingerprint density at radius 3 is 2.55 bits per heavy atom. The lowest BCUT2D eigenvalue weighted by Gasteiger charge is -2.34. The van der Waals surface area contributed by atoms with Crippen molar-refractivity contribution in [3.63, 3.8) is 0 Å². The number of sulfonamides is 1. The molecule has 2 aromatic rings. The van der Waals surface area contributed by atoms with E-state index in [1.807, 2.05) is 6.07 Å². The van der Waals surface area contributed by atoms with Gasteiger partial charge in [0.05, 0.1) is 42.2 Å². The van der Waals surface area contributed by atoms with Gasteiger partial charge in [0.15, 0.2) is 5.78 Å². The summed E-state index contributed by atoms with van der Waals surface area (Å²) in [5, 5.41) is 1.26. The molecule has 4 bridgehead atoms. The van der Waals surface area contributed by atoms with E-state index in [9.17, 15) is 27.6 Å². The summed E-state index contributed by atoms with van der Waals surface area (Å²) in [6, 6.07) is 7.32. The Kier molecular flexibility index (Phi) is 9.64. The Morgan fingerprint density at radius 1 is 1.04 bits per heavy atom. The van der Waals surface area contributed by atoms with Gasteiger partial charge in [-0.25, -0.2) is 13.4 Å². The highest BCUT2D eigenvalue weighted by atomic mass is 32.2. The number of pyridine rings is 1. The van der Waals surface area contributed by atoms with Gasteiger partial charge in [-0.2, -0.15) is 0 Å². The summed E-state index contributed by atoms with van der Waals surface area (Å²) in [5.41, 5.74) is -0.103. The van der Waals surface area contributed by atoms with Crippen molar-refractivity contribution in [2.75, 3.05) is 13.2 Å². The molecule has 1 aromatic carbocycles. The van der Waals surface area contributed by atoms with Crippen LogP contribution in [0.3, 0.4) is 0 Å². The molecule has 1 saturated heterocycles. The van der Waals surface area contributed by atoms with Crippen molar-refractivity contribution in [1.82, 2.24) is 14.6 Å². The van der Waals surface area contributed by atoms with E-state index in [4.69, 9.17) is 9.47 Å². The van der Waals surface area contributed by atoms with Crippen LogP contribution in [-0.4, -0.2) is 72.4 Å². The summed E-state index contributed by atoms with van der Waals surface area (Å²) >= 11 is 0. The SMILES string of the molecule is C=C[C@@H]1C[C@]1(CC(=O)[C@@H]1C[C@@H]2CN1C(=O)[C@H](C1CCCCC1)CC(=O)OCC1(CCCc3ccc4ccnc(c4c3)O2)CC1)C(=O)NS(=O)(=O)C1CC1. The molecule has 284 valence electrons. The number of aromatic nitrogens is 1. The number of nitrogens with zero attached hydrogens (tertiary/aromatic N) is 2. The van der Waals surface area contributed by atoms with E-state index >= 15 is 0 Å². The van der Waals surface area contributed by atoms with Crippen molar-refractivity contribution in [2.45, 2.75) is 120 Å². The second-order valence-electron chi connectivity index (χ2n) is 16.9. The van der Waals surface area contributed by atoms with Crippen LogP contribution in [0.1, 0.15) is 102 Å². The molecule has 4 aliphatic carbocycles. The van der Waals surface area contributed by atoms with Crippen molar-refractivity contribution >= 4 is 44.4 Å². The molecule has 5 fully saturated rings. The lowest BCUT2D eigenvalue weighted by molar-refractivity contribution is -0.153. The topological polar surface area (TPSA) is 149 Å². The fourth-order valence-electron chi connectivity index (χ4n) is 9.32. The number of hydrogen-bond acceptors (Lipinski definition) is 9. The molecule has 1 spiro atoms. The van der Waals surface area contributed by atoms with Crippen LogP contribution in [-0.2, 0) is 40.4 Å². The second-order valence-corrected chi connectivity index (χ2v) is 18.9. The molecule has 53 heavy (non-hydrogen) atoms. The fraction of sp³-hybridized carbons (Fsp3) is 0.634. The number of cyclic esters (lactones) is 1. The van der Waals surface area contributed by atoms with Crippen molar-refractivity contribution in [1.29, 1.82) is 0 Å². The number of nitrogens with one attached hydrogen (secondary N) is 1. The summed E-state index contributed by atoms with van der Waals surface area (Å²) in [4.78, 5) is 62.7. The highest BCUT2D eigenvalue weighted by molar-refractivity contribution is 7.90. The number of ether oxygens (including phenoxy) is 2. The van der Waals surface area contributed by atoms with Crippen LogP contribution in [0.4, 0.5) is 0 Å². The Hall–Kier alpha value is -3.80. The average molecular weight is 746 g/mol. The molecule has 6 aliphatic rings. The summed E-state index contributed by atoms with van der Waals surface area (Å²) in [5.74, 6) is -2.24. The molecule has 0 unspecified atom stereocenters. The number of ketones is 1. The largest absolute Gasteiger partial charge is 0.472 e. The number of esters is 1. The summed E-state index contributed by atoms with van der Waals surface area (Å²) in [7, 11) is -3.83. The predicted octanol–water partition coefficient (Wildman–Crippen LogP) is 5.59. The molecule has 1 N–H and O–H groups in total. The zero-order valence-corrected chi connectivity index (χ0v) is 31.2. The van der Waals surface area contributed by atoms with Gasteiger partial charge >= 0.3 is 5.97 Å². The average Bonchev–Trinajstić information content (AvgIpc) is 4.07. The maximum Gasteiger partial charge on any atom is 0.306 e. The lowest BCUT2D eigenvalue weighted by Crippen LogP contribution is -2.48. The predicted molar refractivity (Wildman–Crippen MR) is 197 cm³/mol. The van der Waals surface area contributed by atoms with Crippen molar-refractivity contribution in [3.05, 3.63) is 48.7 Å². The number of carbonyl (C=O) groups is 4. The molecule has 2 aliphatic heterocycles. The van der Waals surface area contributed by atoms with Crippen LogP contribution in [0, 0.1) is 28.6 Å². The molecular formula is C41H51N3O8S. The van der Waals surface area contributed by atoms with Crippen molar-refractivity contribution < 1.29 is 37.1 Å². The third-order valence-corrected chi connectivity index (χ3v) is 15.0. The van der Waals surface area contributed by atoms with Gasteiger partial charge in [-0.3, -0.25) is 23.9 Å². The van der Waals surface area contributed by atoms with Gasteiger partial charge in [0, 0.05) is 29.8 Å². The number of amides is 2. The number of Topliss-reactive ketones (excluding diaryl/α,β-unsaturated/α-hetero) is 1. The number of fused-ring (bicyclic) bond motifs is 3. The molecule has 11 nitrogen and oxygen atoms in total. The Balaban J connectivity index is 1.12. The molecule has 12 heteroatoms. The van der Waals surface area contributed by atoms with E-state index in [2.05, 4.69) is 34.5 Å². The first kappa shape index (κ1) is 36.2. The lowest BCUT2D eigenvalue weighted by atomic mass is 9.77. The maximum atomic E-state index is 14.9. The first-order chi connectivity index (χ1) is 25.5. The zero-order chi connectivity index (χ0) is 37.0. The Bertz CT molecular complexity index is 1920. The molecule has 4 saturated carbocycles. The van der Waals surface area contributed by atoms with Crippen LogP contribution < -0.4 is 9.46 Å². The van der Waals surface area contributed by atoms with Gasteiger partial charge in [-0.1, -0.05) is 37.5 Å². The van der Waals surface area contributed by atoms with Crippen molar-refractivity contribution in [3.8, 4) is 5.88 Å². The van der Waals surface area contributed by atoms with Crippen molar-refractivity contribution in [2.24, 2.45) is 28.6 Å². The van der Waals surface area contributed by atoms with E-state index < -0.39 is 44.7 Å². The van der Waals surface area contributed by atoms with E-state index in [0.717, 1.165) is 80.5 Å². The number of carbonyl (C=O) groups excluding carboxylic acids is 4. The molecule has 8 rings (SSSR count). The number of aryl methyl sites for hydroxylation is 1. The van der Waals surface area contributed by atoms with Crippen LogP contribution >= 0.6 is 0 Å². The summed E-state index contributed by atoms with van der Waals surface area (Å²) in [6.45, 7) is 4.33. The van der Waals surface area contributed by atoms with Gasteiger partial charge in [0.1, 0.15) is 6.10 Å². The van der Waals surface area contributed by atoms with Gasteiger partial charge < -0.3 is 14.4 Å². The fourth-order valence-corrected chi connectivity index (χ4v) is 10.7. The first-order valence-corrected chi connectivity index (χ1v) is 21.3. The first-order valence-electron chi connectivity index (χ1n) is 19.7.